The molecule has 1 saturated heterocycles. The molecular weight excluding hydrogens is 328 g/mol. The molecule has 2 heterocycles. The maximum Gasteiger partial charge on any atom is 0.254 e. The molecule has 24 heavy (non-hydrogen) atoms. The van der Waals surface area contributed by atoms with E-state index in [9.17, 15) is 9.59 Å². The van der Waals surface area contributed by atoms with Gasteiger partial charge in [0.1, 0.15) is 0 Å². The van der Waals surface area contributed by atoms with Gasteiger partial charge in [-0.2, -0.15) is 5.10 Å². The number of aryl methyl sites for hydroxylation is 1. The Kier molecular flexibility index (Phi) is 4.57. The largest absolute Gasteiger partial charge is 0.346 e. The summed E-state index contributed by atoms with van der Waals surface area (Å²) in [5.74, 6) is -0.216. The van der Waals surface area contributed by atoms with Gasteiger partial charge in [0.05, 0.1) is 23.8 Å². The molecule has 0 spiro atoms. The van der Waals surface area contributed by atoms with Crippen molar-refractivity contribution in [1.82, 2.24) is 20.0 Å². The molecule has 1 aromatic heterocycles. The maximum atomic E-state index is 12.5. The fourth-order valence-electron chi connectivity index (χ4n) is 3.02. The van der Waals surface area contributed by atoms with Gasteiger partial charge in [0.2, 0.25) is 5.91 Å². The minimum atomic E-state index is -0.291. The van der Waals surface area contributed by atoms with Crippen molar-refractivity contribution in [1.29, 1.82) is 0 Å². The van der Waals surface area contributed by atoms with Crippen molar-refractivity contribution in [3.05, 3.63) is 52.8 Å². The molecule has 0 saturated carbocycles. The lowest BCUT2D eigenvalue weighted by Gasteiger charge is -2.26. The Labute approximate surface area is 145 Å². The van der Waals surface area contributed by atoms with Crippen LogP contribution in [0.15, 0.2) is 36.7 Å². The van der Waals surface area contributed by atoms with E-state index in [0.717, 1.165) is 5.56 Å². The molecule has 1 fully saturated rings. The molecule has 3 rings (SSSR count). The smallest absolute Gasteiger partial charge is 0.254 e. The number of rotatable bonds is 4. The average Bonchev–Trinajstić information content (AvgIpc) is 3.15. The summed E-state index contributed by atoms with van der Waals surface area (Å²) in [6.07, 6.45) is 3.52. The van der Waals surface area contributed by atoms with Crippen LogP contribution in [-0.4, -0.2) is 39.6 Å². The van der Waals surface area contributed by atoms with Crippen molar-refractivity contribution in [3.63, 3.8) is 0 Å². The van der Waals surface area contributed by atoms with E-state index in [2.05, 4.69) is 10.4 Å². The molecule has 1 aliphatic heterocycles. The first-order chi connectivity index (χ1) is 11.5. The van der Waals surface area contributed by atoms with E-state index in [1.54, 1.807) is 35.0 Å². The molecule has 0 unspecified atom stereocenters. The molecule has 1 aliphatic rings. The SMILES string of the molecule is CCn1cc(C(=O)N[C@@H]2CC(=O)N(C)[C@H]2c2ccc(Cl)cc2)cn1. The standard InChI is InChI=1S/C17H19ClN4O2/c1-3-22-10-12(9-19-22)17(24)20-14-8-15(23)21(2)16(14)11-4-6-13(18)7-5-11/h4-7,9-10,14,16H,3,8H2,1-2H3,(H,20,24)/t14-,16+/m1/s1. The van der Waals surface area contributed by atoms with E-state index in [1.807, 2.05) is 19.1 Å². The van der Waals surface area contributed by atoms with Gasteiger partial charge in [-0.1, -0.05) is 23.7 Å². The predicted molar refractivity (Wildman–Crippen MR) is 90.7 cm³/mol. The van der Waals surface area contributed by atoms with Gasteiger partial charge in [0, 0.05) is 31.2 Å². The zero-order valence-electron chi connectivity index (χ0n) is 13.6. The lowest BCUT2D eigenvalue weighted by molar-refractivity contribution is -0.127. The molecule has 2 amide bonds. The van der Waals surface area contributed by atoms with Crippen LogP contribution in [-0.2, 0) is 11.3 Å². The molecule has 2 aromatic rings. The highest BCUT2D eigenvalue weighted by molar-refractivity contribution is 6.30. The molecule has 1 aromatic carbocycles. The summed E-state index contributed by atoms with van der Waals surface area (Å²) in [4.78, 5) is 26.3. The van der Waals surface area contributed by atoms with Gasteiger partial charge in [-0.05, 0) is 24.6 Å². The van der Waals surface area contributed by atoms with E-state index in [-0.39, 0.29) is 30.3 Å². The number of hydrogen-bond donors (Lipinski definition) is 1. The number of aromatic nitrogens is 2. The Morgan fingerprint density at radius 1 is 1.38 bits per heavy atom. The van der Waals surface area contributed by atoms with Gasteiger partial charge < -0.3 is 10.2 Å². The number of nitrogens with zero attached hydrogens (tertiary/aromatic N) is 3. The number of benzene rings is 1. The van der Waals surface area contributed by atoms with Gasteiger partial charge in [-0.15, -0.1) is 0 Å². The van der Waals surface area contributed by atoms with Crippen LogP contribution in [0.5, 0.6) is 0 Å². The highest BCUT2D eigenvalue weighted by atomic mass is 35.5. The summed E-state index contributed by atoms with van der Waals surface area (Å²) in [5, 5.41) is 7.72. The number of likely N-dealkylation sites (N-methyl/N-ethyl adjacent to an activating group) is 1. The van der Waals surface area contributed by atoms with E-state index in [1.165, 1.54) is 6.20 Å². The zero-order valence-corrected chi connectivity index (χ0v) is 14.3. The van der Waals surface area contributed by atoms with Gasteiger partial charge in [0.15, 0.2) is 0 Å². The Hall–Kier alpha value is -2.34. The van der Waals surface area contributed by atoms with Crippen molar-refractivity contribution >= 4 is 23.4 Å². The van der Waals surface area contributed by atoms with Gasteiger partial charge in [-0.3, -0.25) is 14.3 Å². The number of halogens is 1. The summed E-state index contributed by atoms with van der Waals surface area (Å²) in [7, 11) is 1.75. The maximum absolute atomic E-state index is 12.5. The topological polar surface area (TPSA) is 67.2 Å². The third kappa shape index (κ3) is 3.14. The third-order valence-corrected chi connectivity index (χ3v) is 4.59. The second-order valence-electron chi connectivity index (χ2n) is 5.87. The highest BCUT2D eigenvalue weighted by Crippen LogP contribution is 2.32. The van der Waals surface area contributed by atoms with Crippen LogP contribution in [0, 0.1) is 0 Å². The number of hydrogen-bond acceptors (Lipinski definition) is 3. The van der Waals surface area contributed by atoms with Crippen LogP contribution >= 0.6 is 11.6 Å². The lowest BCUT2D eigenvalue weighted by atomic mass is 10.00. The normalized spacial score (nSPS) is 20.5. The fourth-order valence-corrected chi connectivity index (χ4v) is 3.15. The summed E-state index contributed by atoms with van der Waals surface area (Å²) < 4.78 is 1.69. The van der Waals surface area contributed by atoms with Crippen molar-refractivity contribution < 1.29 is 9.59 Å². The van der Waals surface area contributed by atoms with E-state index >= 15 is 0 Å². The third-order valence-electron chi connectivity index (χ3n) is 4.33. The van der Waals surface area contributed by atoms with Crippen molar-refractivity contribution in [2.75, 3.05) is 7.05 Å². The Morgan fingerprint density at radius 2 is 2.08 bits per heavy atom. The first-order valence-electron chi connectivity index (χ1n) is 7.84. The van der Waals surface area contributed by atoms with E-state index in [0.29, 0.717) is 17.1 Å². The average molecular weight is 347 g/mol. The molecule has 7 heteroatoms. The summed E-state index contributed by atoms with van der Waals surface area (Å²) in [6.45, 7) is 2.65. The quantitative estimate of drug-likeness (QED) is 0.923. The first-order valence-corrected chi connectivity index (χ1v) is 8.22. The predicted octanol–water partition coefficient (Wildman–Crippen LogP) is 2.26. The monoisotopic (exact) mass is 346 g/mol. The van der Waals surface area contributed by atoms with E-state index in [4.69, 9.17) is 11.6 Å². The molecule has 6 nitrogen and oxygen atoms in total. The van der Waals surface area contributed by atoms with Crippen LogP contribution in [0.25, 0.3) is 0 Å². The number of carbonyl (C=O) groups is 2. The van der Waals surface area contributed by atoms with Crippen molar-refractivity contribution in [3.8, 4) is 0 Å². The van der Waals surface area contributed by atoms with Crippen LogP contribution < -0.4 is 5.32 Å². The molecule has 126 valence electrons. The first kappa shape index (κ1) is 16.5. The second-order valence-corrected chi connectivity index (χ2v) is 6.31. The second kappa shape index (κ2) is 6.65. The summed E-state index contributed by atoms with van der Waals surface area (Å²) in [5.41, 5.74) is 1.44. The van der Waals surface area contributed by atoms with Gasteiger partial charge in [0.25, 0.3) is 5.91 Å². The number of amides is 2. The minimum absolute atomic E-state index is 0.00417. The molecule has 0 radical (unpaired) electrons. The molecular formula is C17H19ClN4O2. The minimum Gasteiger partial charge on any atom is -0.346 e. The number of carbonyl (C=O) groups excluding carboxylic acids is 2. The fraction of sp³-hybridized carbons (Fsp3) is 0.353. The summed E-state index contributed by atoms with van der Waals surface area (Å²) in [6, 6.07) is 6.85. The molecule has 2 atom stereocenters. The van der Waals surface area contributed by atoms with Crippen LogP contribution in [0.1, 0.15) is 35.3 Å². The van der Waals surface area contributed by atoms with Gasteiger partial charge >= 0.3 is 0 Å². The van der Waals surface area contributed by atoms with E-state index < -0.39 is 0 Å². The molecule has 0 bridgehead atoms. The Balaban J connectivity index is 1.81. The van der Waals surface area contributed by atoms with Crippen LogP contribution in [0.4, 0.5) is 0 Å². The lowest BCUT2D eigenvalue weighted by Crippen LogP contribution is -2.38. The number of likely N-dealkylation sites (tertiary alicyclic amines) is 1. The molecule has 0 aliphatic carbocycles. The Morgan fingerprint density at radius 3 is 2.71 bits per heavy atom. The number of nitrogens with one attached hydrogen (secondary N) is 1. The van der Waals surface area contributed by atoms with Crippen LogP contribution in [0.3, 0.4) is 0 Å². The van der Waals surface area contributed by atoms with Crippen LogP contribution in [0.2, 0.25) is 5.02 Å². The summed E-state index contributed by atoms with van der Waals surface area (Å²) >= 11 is 5.94. The zero-order chi connectivity index (χ0) is 17.3. The van der Waals surface area contributed by atoms with Crippen molar-refractivity contribution in [2.45, 2.75) is 32.0 Å². The molecule has 1 N–H and O–H groups in total. The van der Waals surface area contributed by atoms with Crippen molar-refractivity contribution in [2.24, 2.45) is 0 Å². The highest BCUT2D eigenvalue weighted by Gasteiger charge is 2.39. The Bertz CT molecular complexity index is 756. The van der Waals surface area contributed by atoms with Gasteiger partial charge in [-0.25, -0.2) is 0 Å².